The summed E-state index contributed by atoms with van der Waals surface area (Å²) in [7, 11) is 1.78. The van der Waals surface area contributed by atoms with Crippen molar-refractivity contribution in [1.29, 1.82) is 0 Å². The van der Waals surface area contributed by atoms with Crippen LogP contribution in [0.25, 0.3) is 0 Å². The highest BCUT2D eigenvalue weighted by Gasteiger charge is 2.26. The Balaban J connectivity index is 2.31. The molecular weight excluding hydrogens is 221 g/mol. The molecule has 0 amide bonds. The Labute approximate surface area is 99.9 Å². The smallest absolute Gasteiger partial charge is 0.190 e. The first-order chi connectivity index (χ1) is 8.13. The van der Waals surface area contributed by atoms with Gasteiger partial charge in [0.05, 0.1) is 5.69 Å². The lowest BCUT2D eigenvalue weighted by Gasteiger charge is -2.22. The SMILES string of the molecule is CN(CC1CC1)c1c(F)cccc1C(=O)CO. The lowest BCUT2D eigenvalue weighted by Crippen LogP contribution is -2.24. The molecule has 0 radical (unpaired) electrons. The maximum atomic E-state index is 13.8. The highest BCUT2D eigenvalue weighted by Crippen LogP contribution is 2.32. The predicted octanol–water partition coefficient (Wildman–Crippen LogP) is 1.85. The van der Waals surface area contributed by atoms with Crippen LogP contribution >= 0.6 is 0 Å². The van der Waals surface area contributed by atoms with Gasteiger partial charge in [-0.15, -0.1) is 0 Å². The van der Waals surface area contributed by atoms with Crippen LogP contribution in [-0.4, -0.2) is 31.1 Å². The third-order valence-electron chi connectivity index (χ3n) is 3.04. The Hall–Kier alpha value is -1.42. The van der Waals surface area contributed by atoms with Gasteiger partial charge in [0, 0.05) is 19.2 Å². The normalized spacial score (nSPS) is 14.8. The van der Waals surface area contributed by atoms with E-state index >= 15 is 0 Å². The number of benzene rings is 1. The second kappa shape index (κ2) is 4.84. The van der Waals surface area contributed by atoms with E-state index in [9.17, 15) is 9.18 Å². The zero-order valence-corrected chi connectivity index (χ0v) is 9.82. The van der Waals surface area contributed by atoms with Crippen LogP contribution in [0.4, 0.5) is 10.1 Å². The van der Waals surface area contributed by atoms with Crippen LogP contribution < -0.4 is 4.90 Å². The number of anilines is 1. The summed E-state index contributed by atoms with van der Waals surface area (Å²) in [6, 6.07) is 4.39. The average Bonchev–Trinajstić information content (AvgIpc) is 3.11. The quantitative estimate of drug-likeness (QED) is 0.794. The molecule has 1 aliphatic carbocycles. The van der Waals surface area contributed by atoms with Crippen molar-refractivity contribution in [2.75, 3.05) is 25.1 Å². The molecule has 1 saturated carbocycles. The maximum Gasteiger partial charge on any atom is 0.190 e. The summed E-state index contributed by atoms with van der Waals surface area (Å²) in [5.41, 5.74) is 0.564. The average molecular weight is 237 g/mol. The van der Waals surface area contributed by atoms with E-state index in [1.807, 2.05) is 0 Å². The van der Waals surface area contributed by atoms with E-state index in [2.05, 4.69) is 0 Å². The summed E-state index contributed by atoms with van der Waals surface area (Å²) in [5.74, 6) is -0.244. The van der Waals surface area contributed by atoms with Crippen molar-refractivity contribution in [3.05, 3.63) is 29.6 Å². The molecule has 0 heterocycles. The highest BCUT2D eigenvalue weighted by atomic mass is 19.1. The Morgan fingerprint density at radius 2 is 2.24 bits per heavy atom. The van der Waals surface area contributed by atoms with Gasteiger partial charge < -0.3 is 10.0 Å². The van der Waals surface area contributed by atoms with E-state index in [4.69, 9.17) is 5.11 Å². The fraction of sp³-hybridized carbons (Fsp3) is 0.462. The molecular formula is C13H16FNO2. The van der Waals surface area contributed by atoms with Gasteiger partial charge >= 0.3 is 0 Å². The molecule has 0 saturated heterocycles. The number of para-hydroxylation sites is 1. The van der Waals surface area contributed by atoms with Gasteiger partial charge in [-0.1, -0.05) is 6.07 Å². The van der Waals surface area contributed by atoms with Crippen molar-refractivity contribution < 1.29 is 14.3 Å². The summed E-state index contributed by atoms with van der Waals surface area (Å²) in [4.78, 5) is 13.3. The van der Waals surface area contributed by atoms with Crippen molar-refractivity contribution in [2.45, 2.75) is 12.8 Å². The second-order valence-corrected chi connectivity index (χ2v) is 4.54. The predicted molar refractivity (Wildman–Crippen MR) is 63.8 cm³/mol. The Kier molecular flexibility index (Phi) is 3.43. The highest BCUT2D eigenvalue weighted by molar-refractivity contribution is 6.02. The summed E-state index contributed by atoms with van der Waals surface area (Å²) in [6.45, 7) is 0.167. The largest absolute Gasteiger partial charge is 0.388 e. The van der Waals surface area contributed by atoms with Crippen LogP contribution in [0.2, 0.25) is 0 Å². The van der Waals surface area contributed by atoms with Crippen LogP contribution in [-0.2, 0) is 0 Å². The standard InChI is InChI=1S/C13H16FNO2/c1-15(7-9-5-6-9)13-10(12(17)8-16)3-2-4-11(13)14/h2-4,9,16H,5-8H2,1H3. The van der Waals surface area contributed by atoms with Gasteiger partial charge in [0.1, 0.15) is 12.4 Å². The van der Waals surface area contributed by atoms with Gasteiger partial charge in [-0.2, -0.15) is 0 Å². The van der Waals surface area contributed by atoms with E-state index < -0.39 is 18.2 Å². The lowest BCUT2D eigenvalue weighted by atomic mass is 10.1. The van der Waals surface area contributed by atoms with Gasteiger partial charge in [0.25, 0.3) is 0 Å². The molecule has 4 heteroatoms. The number of aliphatic hydroxyl groups is 1. The van der Waals surface area contributed by atoms with E-state index in [1.165, 1.54) is 25.0 Å². The van der Waals surface area contributed by atoms with Gasteiger partial charge in [-0.25, -0.2) is 4.39 Å². The van der Waals surface area contributed by atoms with Crippen molar-refractivity contribution in [1.82, 2.24) is 0 Å². The molecule has 0 spiro atoms. The number of Topliss-reactive ketones (excluding diaryl/α,β-unsaturated/α-hetero) is 1. The molecule has 92 valence electrons. The van der Waals surface area contributed by atoms with Crippen LogP contribution in [0, 0.1) is 11.7 Å². The number of carbonyl (C=O) groups is 1. The number of aliphatic hydroxyl groups excluding tert-OH is 1. The van der Waals surface area contributed by atoms with Crippen molar-refractivity contribution >= 4 is 11.5 Å². The van der Waals surface area contributed by atoms with Gasteiger partial charge in [-0.05, 0) is 30.9 Å². The first-order valence-corrected chi connectivity index (χ1v) is 5.77. The van der Waals surface area contributed by atoms with Gasteiger partial charge in [0.15, 0.2) is 5.78 Å². The summed E-state index contributed by atoms with van der Waals surface area (Å²) in [6.07, 6.45) is 2.34. The first-order valence-electron chi connectivity index (χ1n) is 5.77. The number of hydrogen-bond acceptors (Lipinski definition) is 3. The van der Waals surface area contributed by atoms with Crippen LogP contribution in [0.15, 0.2) is 18.2 Å². The molecule has 1 N–H and O–H groups in total. The number of halogens is 1. The monoisotopic (exact) mass is 237 g/mol. The molecule has 0 atom stereocenters. The minimum Gasteiger partial charge on any atom is -0.388 e. The molecule has 0 aliphatic heterocycles. The molecule has 2 rings (SSSR count). The molecule has 0 unspecified atom stereocenters. The van der Waals surface area contributed by atoms with E-state index in [1.54, 1.807) is 18.0 Å². The zero-order valence-electron chi connectivity index (χ0n) is 9.82. The summed E-state index contributed by atoms with van der Waals surface area (Å²) in [5, 5.41) is 8.89. The Morgan fingerprint density at radius 1 is 1.53 bits per heavy atom. The number of nitrogens with zero attached hydrogens (tertiary/aromatic N) is 1. The zero-order chi connectivity index (χ0) is 12.4. The number of carbonyl (C=O) groups excluding carboxylic acids is 1. The Morgan fingerprint density at radius 3 is 2.82 bits per heavy atom. The van der Waals surface area contributed by atoms with Crippen molar-refractivity contribution in [3.63, 3.8) is 0 Å². The van der Waals surface area contributed by atoms with Crippen molar-refractivity contribution in [2.24, 2.45) is 5.92 Å². The number of ketones is 1. The molecule has 3 nitrogen and oxygen atoms in total. The van der Waals surface area contributed by atoms with E-state index in [-0.39, 0.29) is 5.56 Å². The molecule has 17 heavy (non-hydrogen) atoms. The topological polar surface area (TPSA) is 40.5 Å². The minimum atomic E-state index is -0.590. The van der Waals surface area contributed by atoms with Crippen LogP contribution in [0.3, 0.4) is 0 Å². The minimum absolute atomic E-state index is 0.260. The first kappa shape index (κ1) is 12.0. The van der Waals surface area contributed by atoms with Gasteiger partial charge in [0.2, 0.25) is 0 Å². The van der Waals surface area contributed by atoms with Crippen molar-refractivity contribution in [3.8, 4) is 0 Å². The molecule has 1 aromatic rings. The maximum absolute atomic E-state index is 13.8. The molecule has 0 bridgehead atoms. The Bertz CT molecular complexity index is 429. The van der Waals surface area contributed by atoms with Crippen LogP contribution in [0.5, 0.6) is 0 Å². The third-order valence-corrected chi connectivity index (χ3v) is 3.04. The fourth-order valence-corrected chi connectivity index (χ4v) is 1.99. The van der Waals surface area contributed by atoms with E-state index in [0.717, 1.165) is 6.54 Å². The molecule has 1 aromatic carbocycles. The number of hydrogen-bond donors (Lipinski definition) is 1. The third kappa shape index (κ3) is 2.64. The van der Waals surface area contributed by atoms with Crippen LogP contribution in [0.1, 0.15) is 23.2 Å². The van der Waals surface area contributed by atoms with Gasteiger partial charge in [-0.3, -0.25) is 4.79 Å². The number of rotatable bonds is 5. The molecule has 0 aromatic heterocycles. The second-order valence-electron chi connectivity index (χ2n) is 4.54. The van der Waals surface area contributed by atoms with E-state index in [0.29, 0.717) is 11.6 Å². The summed E-state index contributed by atoms with van der Waals surface area (Å²) < 4.78 is 13.8. The molecule has 1 aliphatic rings. The lowest BCUT2D eigenvalue weighted by molar-refractivity contribution is 0.0904. The fourth-order valence-electron chi connectivity index (χ4n) is 1.99. The summed E-state index contributed by atoms with van der Waals surface area (Å²) >= 11 is 0. The molecule has 1 fully saturated rings.